The van der Waals surface area contributed by atoms with E-state index in [1.165, 1.54) is 4.90 Å². The van der Waals surface area contributed by atoms with Gasteiger partial charge in [-0.3, -0.25) is 4.79 Å². The van der Waals surface area contributed by atoms with E-state index in [1.807, 2.05) is 19.1 Å². The van der Waals surface area contributed by atoms with Crippen molar-refractivity contribution in [3.05, 3.63) is 24.3 Å². The summed E-state index contributed by atoms with van der Waals surface area (Å²) in [5.41, 5.74) is 0. The van der Waals surface area contributed by atoms with E-state index in [0.717, 1.165) is 44.3 Å². The van der Waals surface area contributed by atoms with Crippen LogP contribution in [0.4, 0.5) is 0 Å². The average molecular weight is 266 g/mol. The minimum absolute atomic E-state index is 0.314. The zero-order chi connectivity index (χ0) is 13.2. The number of thioether (sulfide) groups is 1. The highest BCUT2D eigenvalue weighted by Crippen LogP contribution is 2.22. The predicted octanol–water partition coefficient (Wildman–Crippen LogP) is 4.41. The van der Waals surface area contributed by atoms with Crippen molar-refractivity contribution >= 4 is 17.5 Å². The first-order valence-corrected chi connectivity index (χ1v) is 7.64. The highest BCUT2D eigenvalue weighted by atomic mass is 32.2. The summed E-state index contributed by atoms with van der Waals surface area (Å²) in [7, 11) is 0. The number of rotatable bonds is 9. The van der Waals surface area contributed by atoms with Crippen molar-refractivity contribution in [3.63, 3.8) is 0 Å². The number of carbonyl (C=O) groups excluding carboxylic acids is 1. The molecule has 0 aromatic heterocycles. The largest absolute Gasteiger partial charge is 0.508 e. The van der Waals surface area contributed by atoms with Crippen molar-refractivity contribution in [2.75, 3.05) is 5.75 Å². The van der Waals surface area contributed by atoms with Gasteiger partial charge in [0.1, 0.15) is 11.5 Å². The van der Waals surface area contributed by atoms with Gasteiger partial charge in [-0.05, 0) is 49.3 Å². The minimum atomic E-state index is 0.314. The van der Waals surface area contributed by atoms with Gasteiger partial charge in [-0.2, -0.15) is 0 Å². The molecule has 1 N–H and O–H groups in total. The molecular formula is C15H22O2S. The molecule has 0 atom stereocenters. The van der Waals surface area contributed by atoms with Gasteiger partial charge in [-0.1, -0.05) is 13.3 Å². The molecule has 1 aromatic rings. The molecule has 0 saturated heterocycles. The first kappa shape index (κ1) is 15.1. The molecule has 0 saturated carbocycles. The fraction of sp³-hybridized carbons (Fsp3) is 0.533. The van der Waals surface area contributed by atoms with E-state index in [2.05, 4.69) is 0 Å². The highest BCUT2D eigenvalue weighted by molar-refractivity contribution is 7.99. The van der Waals surface area contributed by atoms with E-state index in [-0.39, 0.29) is 0 Å². The van der Waals surface area contributed by atoms with Crippen LogP contribution in [-0.2, 0) is 4.79 Å². The highest BCUT2D eigenvalue weighted by Gasteiger charge is 2.00. The van der Waals surface area contributed by atoms with E-state index >= 15 is 0 Å². The Hall–Kier alpha value is -0.960. The van der Waals surface area contributed by atoms with Gasteiger partial charge < -0.3 is 5.11 Å². The Bertz CT molecular complexity index is 346. The first-order valence-electron chi connectivity index (χ1n) is 6.66. The quantitative estimate of drug-likeness (QED) is 0.531. The minimum Gasteiger partial charge on any atom is -0.508 e. The van der Waals surface area contributed by atoms with Crippen LogP contribution >= 0.6 is 11.8 Å². The maximum atomic E-state index is 11.3. The Labute approximate surface area is 114 Å². The van der Waals surface area contributed by atoms with Gasteiger partial charge >= 0.3 is 0 Å². The summed E-state index contributed by atoms with van der Waals surface area (Å²) in [6, 6.07) is 7.30. The molecule has 0 bridgehead atoms. The second kappa shape index (κ2) is 9.03. The van der Waals surface area contributed by atoms with Crippen LogP contribution < -0.4 is 0 Å². The lowest BCUT2D eigenvalue weighted by molar-refractivity contribution is -0.119. The zero-order valence-electron chi connectivity index (χ0n) is 11.0. The number of ketones is 1. The van der Waals surface area contributed by atoms with Crippen LogP contribution in [0, 0.1) is 0 Å². The number of benzene rings is 1. The van der Waals surface area contributed by atoms with Crippen molar-refractivity contribution in [1.82, 2.24) is 0 Å². The Kier molecular flexibility index (Phi) is 7.58. The molecule has 0 aliphatic carbocycles. The van der Waals surface area contributed by atoms with E-state index in [9.17, 15) is 4.79 Å². The fourth-order valence-corrected chi connectivity index (χ4v) is 2.65. The molecule has 0 fully saturated rings. The van der Waals surface area contributed by atoms with Crippen molar-refractivity contribution in [2.24, 2.45) is 0 Å². The number of unbranched alkanes of at least 4 members (excludes halogenated alkanes) is 2. The summed E-state index contributed by atoms with van der Waals surface area (Å²) in [5, 5.41) is 9.15. The normalized spacial score (nSPS) is 10.5. The Morgan fingerprint density at radius 2 is 1.83 bits per heavy atom. The third kappa shape index (κ3) is 6.70. The van der Waals surface area contributed by atoms with Crippen LogP contribution in [0.1, 0.15) is 45.4 Å². The summed E-state index contributed by atoms with van der Waals surface area (Å²) in [6.07, 6.45) is 5.75. The Morgan fingerprint density at radius 1 is 1.11 bits per heavy atom. The summed E-state index contributed by atoms with van der Waals surface area (Å²) in [5.74, 6) is 1.80. The van der Waals surface area contributed by atoms with Gasteiger partial charge in [0.15, 0.2) is 0 Å². The van der Waals surface area contributed by atoms with Gasteiger partial charge in [0.2, 0.25) is 0 Å². The molecule has 0 spiro atoms. The molecule has 0 heterocycles. The molecule has 1 aromatic carbocycles. The number of phenols is 1. The monoisotopic (exact) mass is 266 g/mol. The maximum Gasteiger partial charge on any atom is 0.132 e. The molecule has 0 aliphatic rings. The van der Waals surface area contributed by atoms with Crippen LogP contribution in [-0.4, -0.2) is 16.6 Å². The number of aromatic hydroxyl groups is 1. The van der Waals surface area contributed by atoms with Crippen molar-refractivity contribution in [2.45, 2.75) is 50.3 Å². The van der Waals surface area contributed by atoms with Crippen LogP contribution in [0.3, 0.4) is 0 Å². The summed E-state index contributed by atoms with van der Waals surface area (Å²) in [4.78, 5) is 12.5. The number of carbonyl (C=O) groups is 1. The van der Waals surface area contributed by atoms with E-state index in [4.69, 9.17) is 5.11 Å². The second-order valence-electron chi connectivity index (χ2n) is 4.44. The molecule has 0 unspecified atom stereocenters. The first-order chi connectivity index (χ1) is 8.72. The smallest absolute Gasteiger partial charge is 0.132 e. The molecule has 3 heteroatoms. The molecule has 2 nitrogen and oxygen atoms in total. The number of hydrogen-bond donors (Lipinski definition) is 1. The van der Waals surface area contributed by atoms with Crippen LogP contribution in [0.5, 0.6) is 5.75 Å². The molecule has 18 heavy (non-hydrogen) atoms. The van der Waals surface area contributed by atoms with Gasteiger partial charge in [-0.15, -0.1) is 11.8 Å². The van der Waals surface area contributed by atoms with Crippen LogP contribution in [0.25, 0.3) is 0 Å². The standard InChI is InChI=1S/C15H22O2S/c1-2-6-13(16)7-4-3-5-12-18-15-10-8-14(17)9-11-15/h8-11,17H,2-7,12H2,1H3. The van der Waals surface area contributed by atoms with Gasteiger partial charge in [-0.25, -0.2) is 0 Å². The van der Waals surface area contributed by atoms with E-state index in [0.29, 0.717) is 11.5 Å². The third-order valence-electron chi connectivity index (χ3n) is 2.73. The van der Waals surface area contributed by atoms with Crippen LogP contribution in [0.2, 0.25) is 0 Å². The van der Waals surface area contributed by atoms with Gasteiger partial charge in [0.25, 0.3) is 0 Å². The molecule has 100 valence electrons. The SMILES string of the molecule is CCCC(=O)CCCCCSc1ccc(O)cc1. The lowest BCUT2D eigenvalue weighted by Gasteiger charge is -2.02. The number of Topliss-reactive ketones (excluding diaryl/α,β-unsaturated/α-hetero) is 1. The van der Waals surface area contributed by atoms with Crippen molar-refractivity contribution < 1.29 is 9.90 Å². The van der Waals surface area contributed by atoms with Crippen molar-refractivity contribution in [3.8, 4) is 5.75 Å². The van der Waals surface area contributed by atoms with Crippen molar-refractivity contribution in [1.29, 1.82) is 0 Å². The Balaban J connectivity index is 2.02. The van der Waals surface area contributed by atoms with Gasteiger partial charge in [0.05, 0.1) is 0 Å². The average Bonchev–Trinajstić information content (AvgIpc) is 2.36. The molecular weight excluding hydrogens is 244 g/mol. The van der Waals surface area contributed by atoms with E-state index < -0.39 is 0 Å². The Morgan fingerprint density at radius 3 is 2.50 bits per heavy atom. The number of phenolic OH excluding ortho intramolecular Hbond substituents is 1. The molecule has 0 amide bonds. The lowest BCUT2D eigenvalue weighted by Crippen LogP contribution is -1.96. The van der Waals surface area contributed by atoms with E-state index in [1.54, 1.807) is 23.9 Å². The summed E-state index contributed by atoms with van der Waals surface area (Å²) in [6.45, 7) is 2.05. The molecule has 0 radical (unpaired) electrons. The van der Waals surface area contributed by atoms with Crippen LogP contribution in [0.15, 0.2) is 29.2 Å². The zero-order valence-corrected chi connectivity index (χ0v) is 11.8. The molecule has 1 rings (SSSR count). The fourth-order valence-electron chi connectivity index (χ4n) is 1.74. The predicted molar refractivity (Wildman–Crippen MR) is 77.2 cm³/mol. The molecule has 0 aliphatic heterocycles. The topological polar surface area (TPSA) is 37.3 Å². The second-order valence-corrected chi connectivity index (χ2v) is 5.61. The lowest BCUT2D eigenvalue weighted by atomic mass is 10.1. The maximum absolute atomic E-state index is 11.3. The van der Waals surface area contributed by atoms with Gasteiger partial charge in [0, 0.05) is 17.7 Å². The third-order valence-corrected chi connectivity index (χ3v) is 3.83. The summed E-state index contributed by atoms with van der Waals surface area (Å²) >= 11 is 1.80. The summed E-state index contributed by atoms with van der Waals surface area (Å²) < 4.78 is 0. The number of hydrogen-bond acceptors (Lipinski definition) is 3.